The monoisotopic (exact) mass is 451 g/mol. The second-order valence-corrected chi connectivity index (χ2v) is 7.60. The van der Waals surface area contributed by atoms with E-state index in [4.69, 9.17) is 24.5 Å². The molecule has 2 aromatic rings. The molecule has 0 saturated carbocycles. The molecule has 2 rings (SSSR count). The second-order valence-electron chi connectivity index (χ2n) is 5.40. The van der Waals surface area contributed by atoms with Crippen molar-refractivity contribution in [2.24, 2.45) is 5.11 Å². The molecular weight excluding hydrogens is 429 g/mol. The van der Waals surface area contributed by atoms with E-state index >= 15 is 0 Å². The second kappa shape index (κ2) is 11.9. The SMILES string of the molecule is COCOc1cc(OCCN=[N+]=[N-])cc(C[Se]c2ccccc2)c1C(=O)OC. The quantitative estimate of drug-likeness (QED) is 0.0996. The molecule has 9 heteroatoms. The van der Waals surface area contributed by atoms with Crippen LogP contribution in [0.4, 0.5) is 0 Å². The summed E-state index contributed by atoms with van der Waals surface area (Å²) in [5.74, 6) is 0.366. The Kier molecular flexibility index (Phi) is 9.18. The van der Waals surface area contributed by atoms with Gasteiger partial charge in [0.1, 0.15) is 0 Å². The van der Waals surface area contributed by atoms with Crippen LogP contribution in [0.5, 0.6) is 11.5 Å². The van der Waals surface area contributed by atoms with Crippen LogP contribution in [0.2, 0.25) is 0 Å². The molecule has 0 heterocycles. The van der Waals surface area contributed by atoms with Gasteiger partial charge in [-0.3, -0.25) is 0 Å². The number of carbonyl (C=O) groups is 1. The van der Waals surface area contributed by atoms with Crippen LogP contribution in [0.1, 0.15) is 15.9 Å². The normalized spacial score (nSPS) is 10.1. The minimum atomic E-state index is -0.481. The third kappa shape index (κ3) is 6.48. The molecule has 0 aliphatic heterocycles. The Morgan fingerprint density at radius 1 is 1.18 bits per heavy atom. The molecule has 28 heavy (non-hydrogen) atoms. The van der Waals surface area contributed by atoms with Crippen LogP contribution in [0.3, 0.4) is 0 Å². The first-order valence-electron chi connectivity index (χ1n) is 8.38. The molecule has 0 aromatic heterocycles. The summed E-state index contributed by atoms with van der Waals surface area (Å²) in [7, 11) is 2.83. The number of methoxy groups -OCH3 is 2. The molecular formula is C19H21N3O5Se. The van der Waals surface area contributed by atoms with Gasteiger partial charge in [0.15, 0.2) is 0 Å². The zero-order valence-electron chi connectivity index (χ0n) is 15.7. The summed E-state index contributed by atoms with van der Waals surface area (Å²) in [6.07, 6.45) is 0. The van der Waals surface area contributed by atoms with Crippen LogP contribution in [-0.4, -0.2) is 55.1 Å². The van der Waals surface area contributed by atoms with Gasteiger partial charge in [0.25, 0.3) is 0 Å². The molecule has 2 aromatic carbocycles. The molecule has 0 N–H and O–H groups in total. The molecule has 0 fully saturated rings. The molecule has 8 nitrogen and oxygen atoms in total. The average molecular weight is 450 g/mol. The summed E-state index contributed by atoms with van der Waals surface area (Å²) < 4.78 is 22.4. The first kappa shape index (κ1) is 21.6. The van der Waals surface area contributed by atoms with Gasteiger partial charge in [-0.2, -0.15) is 0 Å². The number of hydrogen-bond donors (Lipinski definition) is 0. The molecule has 0 aliphatic rings. The van der Waals surface area contributed by atoms with Crippen LogP contribution in [0, 0.1) is 0 Å². The summed E-state index contributed by atoms with van der Waals surface area (Å²) in [4.78, 5) is 15.1. The maximum atomic E-state index is 12.4. The van der Waals surface area contributed by atoms with Crippen molar-refractivity contribution in [3.63, 3.8) is 0 Å². The molecule has 148 valence electrons. The molecule has 0 saturated heterocycles. The van der Waals surface area contributed by atoms with E-state index in [2.05, 4.69) is 22.2 Å². The Labute approximate surface area is 169 Å². The van der Waals surface area contributed by atoms with E-state index in [-0.39, 0.29) is 34.9 Å². The van der Waals surface area contributed by atoms with Crippen LogP contribution < -0.4 is 13.9 Å². The summed E-state index contributed by atoms with van der Waals surface area (Å²) in [6.45, 7) is 0.400. The fraction of sp³-hybridized carbons (Fsp3) is 0.316. The van der Waals surface area contributed by atoms with Gasteiger partial charge in [0.2, 0.25) is 0 Å². The minimum absolute atomic E-state index is 0.0184. The van der Waals surface area contributed by atoms with Crippen LogP contribution in [0.15, 0.2) is 47.6 Å². The van der Waals surface area contributed by atoms with Crippen molar-refractivity contribution in [2.75, 3.05) is 34.2 Å². The Hall–Kier alpha value is -2.70. The van der Waals surface area contributed by atoms with Crippen molar-refractivity contribution in [3.05, 3.63) is 64.0 Å². The van der Waals surface area contributed by atoms with Gasteiger partial charge in [-0.25, -0.2) is 0 Å². The van der Waals surface area contributed by atoms with Crippen LogP contribution >= 0.6 is 0 Å². The number of nitrogens with zero attached hydrogens (tertiary/aromatic N) is 3. The molecule has 0 bridgehead atoms. The van der Waals surface area contributed by atoms with E-state index in [1.54, 1.807) is 12.1 Å². The van der Waals surface area contributed by atoms with Crippen LogP contribution in [0.25, 0.3) is 10.4 Å². The van der Waals surface area contributed by atoms with E-state index < -0.39 is 5.97 Å². The third-order valence-electron chi connectivity index (χ3n) is 3.54. The fourth-order valence-corrected chi connectivity index (χ4v) is 4.23. The summed E-state index contributed by atoms with van der Waals surface area (Å²) >= 11 is 0.103. The number of carbonyl (C=O) groups excluding carboxylic acids is 1. The zero-order chi connectivity index (χ0) is 20.2. The Bertz CT molecular complexity index is 826. The summed E-state index contributed by atoms with van der Waals surface area (Å²) in [5.41, 5.74) is 9.50. The van der Waals surface area contributed by atoms with E-state index in [9.17, 15) is 4.79 Å². The summed E-state index contributed by atoms with van der Waals surface area (Å²) in [5, 5.41) is 4.10. The van der Waals surface area contributed by atoms with Crippen molar-refractivity contribution in [2.45, 2.75) is 5.32 Å². The predicted molar refractivity (Wildman–Crippen MR) is 105 cm³/mol. The van der Waals surface area contributed by atoms with Crippen molar-refractivity contribution >= 4 is 25.4 Å². The van der Waals surface area contributed by atoms with E-state index in [1.807, 2.05) is 18.2 Å². The van der Waals surface area contributed by atoms with E-state index in [0.717, 1.165) is 5.56 Å². The Morgan fingerprint density at radius 2 is 1.96 bits per heavy atom. The topological polar surface area (TPSA) is 103 Å². The average Bonchev–Trinajstić information content (AvgIpc) is 2.73. The fourth-order valence-electron chi connectivity index (χ4n) is 2.34. The van der Waals surface area contributed by atoms with Crippen LogP contribution in [-0.2, 0) is 14.8 Å². The first-order chi connectivity index (χ1) is 13.7. The number of ether oxygens (including phenoxy) is 4. The van der Waals surface area contributed by atoms with Crippen molar-refractivity contribution < 1.29 is 23.7 Å². The van der Waals surface area contributed by atoms with E-state index in [1.165, 1.54) is 18.7 Å². The summed E-state index contributed by atoms with van der Waals surface area (Å²) in [6, 6.07) is 13.5. The standard InChI is InChI=1S/C19H21N3O5Se/c1-24-13-27-17-11-15(26-9-8-21-22-20)10-14(18(17)19(23)25-2)12-28-16-6-4-3-5-7-16/h3-7,10-11H,8-9,12-13H2,1-2H3. The van der Waals surface area contributed by atoms with Gasteiger partial charge in [0, 0.05) is 0 Å². The number of benzene rings is 2. The Balaban J connectivity index is 2.34. The zero-order valence-corrected chi connectivity index (χ0v) is 17.4. The number of esters is 1. The van der Waals surface area contributed by atoms with Crippen molar-refractivity contribution in [3.8, 4) is 11.5 Å². The molecule has 0 radical (unpaired) electrons. The van der Waals surface area contributed by atoms with Crippen molar-refractivity contribution in [1.82, 2.24) is 0 Å². The number of rotatable bonds is 11. The molecule has 0 amide bonds. The predicted octanol–water partition coefficient (Wildman–Crippen LogP) is 2.67. The molecule has 0 atom stereocenters. The van der Waals surface area contributed by atoms with Gasteiger partial charge in [-0.15, -0.1) is 0 Å². The first-order valence-corrected chi connectivity index (χ1v) is 10.4. The number of hydrogen-bond acceptors (Lipinski definition) is 6. The molecule has 0 unspecified atom stereocenters. The van der Waals surface area contributed by atoms with Crippen molar-refractivity contribution in [1.29, 1.82) is 0 Å². The van der Waals surface area contributed by atoms with Gasteiger partial charge in [-0.1, -0.05) is 0 Å². The molecule has 0 aliphatic carbocycles. The van der Waals surface area contributed by atoms with Gasteiger partial charge >= 0.3 is 169 Å². The number of azide groups is 1. The van der Waals surface area contributed by atoms with E-state index in [0.29, 0.717) is 22.4 Å². The van der Waals surface area contributed by atoms with Gasteiger partial charge in [0.05, 0.1) is 0 Å². The Morgan fingerprint density at radius 3 is 2.64 bits per heavy atom. The third-order valence-corrected chi connectivity index (χ3v) is 5.77. The maximum absolute atomic E-state index is 12.4. The van der Waals surface area contributed by atoms with Gasteiger partial charge in [-0.05, 0) is 0 Å². The van der Waals surface area contributed by atoms with Gasteiger partial charge < -0.3 is 0 Å². The molecule has 0 spiro atoms.